The molecular weight excluding hydrogens is 322 g/mol. The molecule has 2 nitrogen and oxygen atoms in total. The van der Waals surface area contributed by atoms with E-state index in [1.165, 1.54) is 24.2 Å². The van der Waals surface area contributed by atoms with Crippen LogP contribution >= 0.6 is 38.9 Å². The van der Waals surface area contributed by atoms with Gasteiger partial charge in [0.05, 0.1) is 5.02 Å². The molecule has 0 saturated heterocycles. The average Bonchev–Trinajstić information content (AvgIpc) is 2.74. The third kappa shape index (κ3) is 2.85. The Bertz CT molecular complexity index is 409. The van der Waals surface area contributed by atoms with Crippen LogP contribution in [0.5, 0.6) is 0 Å². The summed E-state index contributed by atoms with van der Waals surface area (Å²) in [7, 11) is 1.88. The fourth-order valence-electron chi connectivity index (χ4n) is 2.26. The Morgan fingerprint density at radius 1 is 1.53 bits per heavy atom. The highest BCUT2D eigenvalue weighted by atomic mass is 79.9. The predicted octanol–water partition coefficient (Wildman–Crippen LogP) is 4.18. The Balaban J connectivity index is 2.11. The van der Waals surface area contributed by atoms with E-state index in [2.05, 4.69) is 15.9 Å². The molecule has 1 saturated carbocycles. The van der Waals surface area contributed by atoms with Crippen LogP contribution in [-0.4, -0.2) is 28.7 Å². The summed E-state index contributed by atoms with van der Waals surface area (Å²) in [6.07, 6.45) is 4.65. The lowest BCUT2D eigenvalue weighted by atomic mass is 9.94. The smallest absolute Gasteiger partial charge is 0.265 e. The molecule has 0 aliphatic heterocycles. The van der Waals surface area contributed by atoms with Crippen molar-refractivity contribution in [3.63, 3.8) is 0 Å². The molecule has 0 N–H and O–H groups in total. The molecule has 2 atom stereocenters. The Morgan fingerprint density at radius 2 is 2.24 bits per heavy atom. The van der Waals surface area contributed by atoms with Crippen molar-refractivity contribution in [1.82, 2.24) is 4.90 Å². The average molecular weight is 337 g/mol. The van der Waals surface area contributed by atoms with Crippen molar-refractivity contribution in [2.75, 3.05) is 7.05 Å². The monoisotopic (exact) mass is 335 g/mol. The van der Waals surface area contributed by atoms with Crippen molar-refractivity contribution in [3.8, 4) is 0 Å². The highest BCUT2D eigenvalue weighted by Gasteiger charge is 2.30. The molecule has 1 heterocycles. The maximum absolute atomic E-state index is 12.3. The SMILES string of the molecule is CN(C(=O)c1sccc1Cl)C1CCCCC1Br. The van der Waals surface area contributed by atoms with Gasteiger partial charge in [-0.05, 0) is 24.3 Å². The molecule has 1 aliphatic carbocycles. The van der Waals surface area contributed by atoms with Crippen LogP contribution in [0.3, 0.4) is 0 Å². The van der Waals surface area contributed by atoms with Crippen LogP contribution in [0.25, 0.3) is 0 Å². The molecule has 1 aliphatic rings. The number of nitrogens with zero attached hydrogens (tertiary/aromatic N) is 1. The lowest BCUT2D eigenvalue weighted by molar-refractivity contribution is 0.0710. The van der Waals surface area contributed by atoms with Gasteiger partial charge in [0.2, 0.25) is 0 Å². The molecule has 1 aromatic rings. The molecule has 2 unspecified atom stereocenters. The Labute approximate surface area is 119 Å². The second-order valence-corrected chi connectivity index (χ2v) is 6.88. The maximum Gasteiger partial charge on any atom is 0.265 e. The number of amides is 1. The molecule has 0 bridgehead atoms. The highest BCUT2D eigenvalue weighted by Crippen LogP contribution is 2.30. The second-order valence-electron chi connectivity index (χ2n) is 4.38. The molecule has 0 aromatic carbocycles. The zero-order valence-corrected chi connectivity index (χ0v) is 12.8. The van der Waals surface area contributed by atoms with Crippen LogP contribution in [0.4, 0.5) is 0 Å². The molecule has 0 spiro atoms. The summed E-state index contributed by atoms with van der Waals surface area (Å²) >= 11 is 11.1. The summed E-state index contributed by atoms with van der Waals surface area (Å²) in [4.78, 5) is 15.2. The summed E-state index contributed by atoms with van der Waals surface area (Å²) in [6, 6.07) is 2.06. The van der Waals surface area contributed by atoms with Gasteiger partial charge in [0.1, 0.15) is 4.88 Å². The molecule has 1 aromatic heterocycles. The predicted molar refractivity (Wildman–Crippen MR) is 76.4 cm³/mol. The van der Waals surface area contributed by atoms with Gasteiger partial charge in [0.25, 0.3) is 5.91 Å². The molecule has 0 radical (unpaired) electrons. The molecule has 1 amide bonds. The zero-order chi connectivity index (χ0) is 12.4. The topological polar surface area (TPSA) is 20.3 Å². The van der Waals surface area contributed by atoms with E-state index in [9.17, 15) is 4.79 Å². The number of halogens is 2. The number of carbonyl (C=O) groups is 1. The first kappa shape index (κ1) is 13.4. The zero-order valence-electron chi connectivity index (χ0n) is 9.66. The summed E-state index contributed by atoms with van der Waals surface area (Å²) in [5, 5.41) is 2.42. The Morgan fingerprint density at radius 3 is 2.82 bits per heavy atom. The minimum absolute atomic E-state index is 0.0429. The third-order valence-electron chi connectivity index (χ3n) is 3.28. The first-order chi connectivity index (χ1) is 8.11. The number of rotatable bonds is 2. The maximum atomic E-state index is 12.3. The molecule has 94 valence electrons. The Kier molecular flexibility index (Phi) is 4.50. The van der Waals surface area contributed by atoms with Crippen LogP contribution in [-0.2, 0) is 0 Å². The standard InChI is InChI=1S/C12H15BrClNOS/c1-15(10-5-3-2-4-8(10)13)12(16)11-9(14)6-7-17-11/h6-8,10H,2-5H2,1H3. The number of carbonyl (C=O) groups excluding carboxylic acids is 1. The second kappa shape index (κ2) is 5.72. The van der Waals surface area contributed by atoms with Gasteiger partial charge in [0, 0.05) is 17.9 Å². The molecule has 2 rings (SSSR count). The molecule has 17 heavy (non-hydrogen) atoms. The van der Waals surface area contributed by atoms with Crippen molar-refractivity contribution in [3.05, 3.63) is 21.3 Å². The van der Waals surface area contributed by atoms with E-state index in [1.54, 1.807) is 6.07 Å². The summed E-state index contributed by atoms with van der Waals surface area (Å²) < 4.78 is 0. The van der Waals surface area contributed by atoms with Gasteiger partial charge in [-0.1, -0.05) is 40.4 Å². The van der Waals surface area contributed by atoms with Crippen molar-refractivity contribution in [1.29, 1.82) is 0 Å². The third-order valence-corrected chi connectivity index (χ3v) is 5.67. The first-order valence-corrected chi connectivity index (χ1v) is 7.93. The van der Waals surface area contributed by atoms with Crippen molar-refractivity contribution in [2.24, 2.45) is 0 Å². The van der Waals surface area contributed by atoms with Gasteiger partial charge in [-0.3, -0.25) is 4.79 Å². The van der Waals surface area contributed by atoms with Gasteiger partial charge >= 0.3 is 0 Å². The molecule has 1 fully saturated rings. The highest BCUT2D eigenvalue weighted by molar-refractivity contribution is 9.09. The van der Waals surface area contributed by atoms with Crippen molar-refractivity contribution < 1.29 is 4.79 Å². The van der Waals surface area contributed by atoms with E-state index in [1.807, 2.05) is 17.3 Å². The summed E-state index contributed by atoms with van der Waals surface area (Å²) in [5.41, 5.74) is 0. The van der Waals surface area contributed by atoms with Crippen LogP contribution in [0.15, 0.2) is 11.4 Å². The van der Waals surface area contributed by atoms with E-state index >= 15 is 0 Å². The van der Waals surface area contributed by atoms with E-state index in [0.29, 0.717) is 14.7 Å². The van der Waals surface area contributed by atoms with E-state index < -0.39 is 0 Å². The first-order valence-electron chi connectivity index (χ1n) is 5.75. The summed E-state index contributed by atoms with van der Waals surface area (Å²) in [6.45, 7) is 0. The quantitative estimate of drug-likeness (QED) is 0.742. The van der Waals surface area contributed by atoms with Gasteiger partial charge in [0.15, 0.2) is 0 Å². The normalized spacial score (nSPS) is 24.6. The number of alkyl halides is 1. The number of hydrogen-bond donors (Lipinski definition) is 0. The van der Waals surface area contributed by atoms with Gasteiger partial charge in [-0.2, -0.15) is 0 Å². The molecule has 5 heteroatoms. The van der Waals surface area contributed by atoms with E-state index in [-0.39, 0.29) is 11.9 Å². The summed E-state index contributed by atoms with van der Waals surface area (Å²) in [5.74, 6) is 0.0429. The van der Waals surface area contributed by atoms with Crippen molar-refractivity contribution >= 4 is 44.8 Å². The fourth-order valence-corrected chi connectivity index (χ4v) is 4.32. The van der Waals surface area contributed by atoms with Crippen molar-refractivity contribution in [2.45, 2.75) is 36.6 Å². The van der Waals surface area contributed by atoms with Crippen LogP contribution in [0.1, 0.15) is 35.4 Å². The largest absolute Gasteiger partial charge is 0.337 e. The lowest BCUT2D eigenvalue weighted by Crippen LogP contribution is -2.43. The van der Waals surface area contributed by atoms with Crippen LogP contribution < -0.4 is 0 Å². The van der Waals surface area contributed by atoms with E-state index in [0.717, 1.165) is 12.8 Å². The van der Waals surface area contributed by atoms with E-state index in [4.69, 9.17) is 11.6 Å². The van der Waals surface area contributed by atoms with Crippen LogP contribution in [0.2, 0.25) is 5.02 Å². The van der Waals surface area contributed by atoms with Gasteiger partial charge < -0.3 is 4.90 Å². The lowest BCUT2D eigenvalue weighted by Gasteiger charge is -2.35. The minimum Gasteiger partial charge on any atom is -0.337 e. The minimum atomic E-state index is 0.0429. The number of thiophene rings is 1. The number of hydrogen-bond acceptors (Lipinski definition) is 2. The Hall–Kier alpha value is -0.0600. The van der Waals surface area contributed by atoms with Gasteiger partial charge in [-0.25, -0.2) is 0 Å². The molecular formula is C12H15BrClNOS. The van der Waals surface area contributed by atoms with Gasteiger partial charge in [-0.15, -0.1) is 11.3 Å². The van der Waals surface area contributed by atoms with Crippen LogP contribution in [0, 0.1) is 0 Å². The fraction of sp³-hybridized carbons (Fsp3) is 0.583.